The molecule has 0 spiro atoms. The molecule has 3 fully saturated rings. The van der Waals surface area contributed by atoms with Crippen molar-refractivity contribution in [2.45, 2.75) is 62.3 Å². The van der Waals surface area contributed by atoms with Crippen LogP contribution in [-0.4, -0.2) is 104 Å². The van der Waals surface area contributed by atoms with Crippen LogP contribution in [0.4, 0.5) is 4.79 Å². The van der Waals surface area contributed by atoms with Crippen molar-refractivity contribution in [2.24, 2.45) is 0 Å². The van der Waals surface area contributed by atoms with Crippen molar-refractivity contribution >= 4 is 41.5 Å². The van der Waals surface area contributed by atoms with Crippen LogP contribution in [0.5, 0.6) is 0 Å². The molecule has 0 aliphatic carbocycles. The lowest BCUT2D eigenvalue weighted by molar-refractivity contribution is -0.198. The van der Waals surface area contributed by atoms with E-state index in [0.29, 0.717) is 49.7 Å². The number of thioether (sulfide) groups is 1. The molecule has 0 aromatic heterocycles. The minimum Gasteiger partial charge on any atom is -0.378 e. The van der Waals surface area contributed by atoms with Gasteiger partial charge in [-0.05, 0) is 12.8 Å². The number of nitrogens with zero attached hydrogens (tertiary/aromatic N) is 1. The predicted octanol–water partition coefficient (Wildman–Crippen LogP) is -0.124. The highest BCUT2D eigenvalue weighted by atomic mass is 32.2. The number of imide groups is 1. The number of ether oxygens (including phenoxy) is 3. The Bertz CT molecular complexity index is 799. The Kier molecular flexibility index (Phi) is 12.4. The van der Waals surface area contributed by atoms with Crippen molar-refractivity contribution in [3.8, 4) is 0 Å². The molecule has 14 heteroatoms. The molecule has 5 amide bonds. The van der Waals surface area contributed by atoms with Gasteiger partial charge in [0.15, 0.2) is 0 Å². The van der Waals surface area contributed by atoms with Gasteiger partial charge in [-0.3, -0.25) is 14.4 Å². The van der Waals surface area contributed by atoms with Gasteiger partial charge in [-0.15, -0.1) is 5.06 Å². The van der Waals surface area contributed by atoms with Crippen molar-refractivity contribution in [1.29, 1.82) is 0 Å². The van der Waals surface area contributed by atoms with Crippen LogP contribution in [0.25, 0.3) is 0 Å². The van der Waals surface area contributed by atoms with Crippen LogP contribution < -0.4 is 16.0 Å². The maximum atomic E-state index is 11.9. The molecule has 0 aromatic rings. The van der Waals surface area contributed by atoms with E-state index in [4.69, 9.17) is 19.0 Å². The van der Waals surface area contributed by atoms with E-state index in [9.17, 15) is 24.0 Å². The number of nitrogens with one attached hydrogen (secondary N) is 3. The summed E-state index contributed by atoms with van der Waals surface area (Å²) in [5, 5.41) is 9.68. The Hall–Kier alpha value is -2.42. The highest BCUT2D eigenvalue weighted by Gasteiger charge is 2.42. The standard InChI is InChI=1S/C23H36N4O9S/c28-18(4-2-1-3-17-22-16(15-37-17)25-23(32)26-22)24-8-10-34-12-14-35-13-11-33-9-7-21(31)36-27-19(29)5-6-20(27)30/h16-17,22H,1-15H2,(H,24,28)(H2,25,26,32). The number of carbonyl (C=O) groups excluding carboxylic acids is 5. The lowest BCUT2D eigenvalue weighted by atomic mass is 10.0. The summed E-state index contributed by atoms with van der Waals surface area (Å²) in [5.74, 6) is -0.780. The Morgan fingerprint density at radius 1 is 0.892 bits per heavy atom. The molecule has 3 aliphatic heterocycles. The van der Waals surface area contributed by atoms with E-state index in [2.05, 4.69) is 16.0 Å². The highest BCUT2D eigenvalue weighted by Crippen LogP contribution is 2.33. The number of rotatable bonds is 18. The smallest absolute Gasteiger partial charge is 0.335 e. The maximum absolute atomic E-state index is 11.9. The van der Waals surface area contributed by atoms with Crippen LogP contribution in [0.3, 0.4) is 0 Å². The van der Waals surface area contributed by atoms with Gasteiger partial charge in [-0.1, -0.05) is 6.42 Å². The topological polar surface area (TPSA) is 162 Å². The van der Waals surface area contributed by atoms with Crippen LogP contribution >= 0.6 is 11.8 Å². The van der Waals surface area contributed by atoms with Gasteiger partial charge in [0.25, 0.3) is 11.8 Å². The molecule has 3 heterocycles. The minimum atomic E-state index is -0.704. The van der Waals surface area contributed by atoms with Crippen LogP contribution in [-0.2, 0) is 38.2 Å². The van der Waals surface area contributed by atoms with Gasteiger partial charge in [0.2, 0.25) is 5.91 Å². The first-order chi connectivity index (χ1) is 17.9. The number of hydrogen-bond acceptors (Lipinski definition) is 10. The van der Waals surface area contributed by atoms with Crippen LogP contribution in [0.15, 0.2) is 0 Å². The fourth-order valence-corrected chi connectivity index (χ4v) is 5.67. The van der Waals surface area contributed by atoms with Gasteiger partial charge >= 0.3 is 12.0 Å². The zero-order chi connectivity index (χ0) is 26.5. The molecule has 3 saturated heterocycles. The first-order valence-corrected chi connectivity index (χ1v) is 13.7. The first-order valence-electron chi connectivity index (χ1n) is 12.7. The molecule has 3 aliphatic rings. The zero-order valence-corrected chi connectivity index (χ0v) is 21.7. The summed E-state index contributed by atoms with van der Waals surface area (Å²) in [6.07, 6.45) is 3.27. The Labute approximate surface area is 219 Å². The average molecular weight is 545 g/mol. The number of unbranched alkanes of at least 4 members (excludes halogenated alkanes) is 1. The molecule has 0 aromatic carbocycles. The number of hydroxylamine groups is 2. The van der Waals surface area contributed by atoms with E-state index >= 15 is 0 Å². The third kappa shape index (κ3) is 10.1. The normalized spacial score (nSPS) is 22.6. The van der Waals surface area contributed by atoms with Crippen LogP contribution in [0.2, 0.25) is 0 Å². The summed E-state index contributed by atoms with van der Waals surface area (Å²) >= 11 is 1.88. The Morgan fingerprint density at radius 3 is 2.30 bits per heavy atom. The van der Waals surface area contributed by atoms with E-state index in [1.54, 1.807) is 0 Å². The summed E-state index contributed by atoms with van der Waals surface area (Å²) in [6, 6.07) is 0.364. The molecule has 3 atom stereocenters. The molecule has 0 saturated carbocycles. The van der Waals surface area contributed by atoms with Gasteiger partial charge < -0.3 is 35.0 Å². The van der Waals surface area contributed by atoms with Crippen molar-refractivity contribution in [3.05, 3.63) is 0 Å². The molecule has 0 bridgehead atoms. The molecule has 208 valence electrons. The maximum Gasteiger partial charge on any atom is 0.335 e. The molecular weight excluding hydrogens is 508 g/mol. The number of amides is 5. The fraction of sp³-hybridized carbons (Fsp3) is 0.783. The van der Waals surface area contributed by atoms with E-state index in [-0.39, 0.29) is 56.5 Å². The second-order valence-electron chi connectivity index (χ2n) is 8.85. The molecule has 37 heavy (non-hydrogen) atoms. The van der Waals surface area contributed by atoms with E-state index in [1.165, 1.54) is 0 Å². The SMILES string of the molecule is O=C(CCCCC1SCC2NC(=O)NC21)NCCOCCOCCOCCC(=O)ON1C(=O)CCC1=O. The molecule has 13 nitrogen and oxygen atoms in total. The number of fused-ring (bicyclic) bond motifs is 1. The van der Waals surface area contributed by atoms with Gasteiger partial charge in [-0.25, -0.2) is 9.59 Å². The molecular formula is C23H36N4O9S. The quantitative estimate of drug-likeness (QED) is 0.120. The monoisotopic (exact) mass is 544 g/mol. The van der Waals surface area contributed by atoms with Gasteiger partial charge in [0, 0.05) is 36.8 Å². The number of carbonyl (C=O) groups is 5. The van der Waals surface area contributed by atoms with Crippen LogP contribution in [0, 0.1) is 0 Å². The van der Waals surface area contributed by atoms with Crippen LogP contribution in [0.1, 0.15) is 44.9 Å². The predicted molar refractivity (Wildman–Crippen MR) is 131 cm³/mol. The van der Waals surface area contributed by atoms with Gasteiger partial charge in [0.05, 0.1) is 58.1 Å². The fourth-order valence-electron chi connectivity index (χ4n) is 4.13. The molecule has 3 rings (SSSR count). The van der Waals surface area contributed by atoms with Crippen molar-refractivity contribution in [1.82, 2.24) is 21.0 Å². The molecule has 3 unspecified atom stereocenters. The summed E-state index contributed by atoms with van der Waals surface area (Å²) in [6.45, 7) is 2.27. The zero-order valence-electron chi connectivity index (χ0n) is 20.9. The highest BCUT2D eigenvalue weighted by molar-refractivity contribution is 8.00. The number of hydrogen-bond donors (Lipinski definition) is 3. The van der Waals surface area contributed by atoms with Crippen molar-refractivity contribution < 1.29 is 43.0 Å². The summed E-state index contributed by atoms with van der Waals surface area (Å²) < 4.78 is 16.0. The lowest BCUT2D eigenvalue weighted by Crippen LogP contribution is -2.36. The van der Waals surface area contributed by atoms with Gasteiger partial charge in [-0.2, -0.15) is 11.8 Å². The van der Waals surface area contributed by atoms with Crippen molar-refractivity contribution in [3.63, 3.8) is 0 Å². The van der Waals surface area contributed by atoms with E-state index in [0.717, 1.165) is 25.0 Å². The second-order valence-corrected chi connectivity index (χ2v) is 10.1. The first kappa shape index (κ1) is 29.1. The molecule has 3 N–H and O–H groups in total. The third-order valence-electron chi connectivity index (χ3n) is 6.04. The average Bonchev–Trinajstić information content (AvgIpc) is 3.52. The molecule has 0 radical (unpaired) electrons. The minimum absolute atomic E-state index is 0.00676. The summed E-state index contributed by atoms with van der Waals surface area (Å²) in [5.41, 5.74) is 0. The lowest BCUT2D eigenvalue weighted by Gasteiger charge is -2.16. The van der Waals surface area contributed by atoms with E-state index < -0.39 is 17.8 Å². The number of urea groups is 1. The largest absolute Gasteiger partial charge is 0.378 e. The second kappa shape index (κ2) is 15.7. The van der Waals surface area contributed by atoms with E-state index in [1.807, 2.05) is 11.8 Å². The Morgan fingerprint density at radius 2 is 1.57 bits per heavy atom. The third-order valence-corrected chi connectivity index (χ3v) is 7.55. The summed E-state index contributed by atoms with van der Waals surface area (Å²) in [4.78, 5) is 62.4. The van der Waals surface area contributed by atoms with Crippen molar-refractivity contribution in [2.75, 3.05) is 51.9 Å². The van der Waals surface area contributed by atoms with Gasteiger partial charge in [0.1, 0.15) is 0 Å². The summed E-state index contributed by atoms with van der Waals surface area (Å²) in [7, 11) is 0. The Balaban J connectivity index is 1.04.